The number of methoxy groups -OCH3 is 1. The molecular weight excluding hydrogens is 410 g/mol. The van der Waals surface area contributed by atoms with Gasteiger partial charge in [-0.15, -0.1) is 0 Å². The van der Waals surface area contributed by atoms with Crippen LogP contribution in [-0.4, -0.2) is 46.5 Å². The Morgan fingerprint density at radius 3 is 2.69 bits per heavy atom. The van der Waals surface area contributed by atoms with Crippen LogP contribution in [0.2, 0.25) is 0 Å². The van der Waals surface area contributed by atoms with Crippen molar-refractivity contribution in [2.45, 2.75) is 24.8 Å². The quantitative estimate of drug-likeness (QED) is 0.534. The molecule has 2 N–H and O–H groups in total. The molecule has 0 saturated heterocycles. The van der Waals surface area contributed by atoms with Crippen molar-refractivity contribution in [1.29, 1.82) is 5.26 Å². The number of aromatic amines is 1. The van der Waals surface area contributed by atoms with Gasteiger partial charge in [-0.25, -0.2) is 9.67 Å². The zero-order valence-corrected chi connectivity index (χ0v) is 17.6. The van der Waals surface area contributed by atoms with E-state index in [2.05, 4.69) is 15.4 Å². The van der Waals surface area contributed by atoms with Gasteiger partial charge in [0.1, 0.15) is 11.8 Å². The maximum atomic E-state index is 12.6. The second kappa shape index (κ2) is 9.08. The van der Waals surface area contributed by atoms with E-state index >= 15 is 0 Å². The van der Waals surface area contributed by atoms with Crippen molar-refractivity contribution in [2.24, 2.45) is 0 Å². The Morgan fingerprint density at radius 2 is 2.06 bits per heavy atom. The predicted octanol–water partition coefficient (Wildman–Crippen LogP) is 2.43. The summed E-state index contributed by atoms with van der Waals surface area (Å²) in [6, 6.07) is 12.2. The second-order valence-electron chi connectivity index (χ2n) is 7.71. The van der Waals surface area contributed by atoms with Crippen molar-refractivity contribution >= 4 is 5.91 Å². The molecule has 1 aliphatic rings. The van der Waals surface area contributed by atoms with Gasteiger partial charge in [-0.3, -0.25) is 14.7 Å². The smallest absolute Gasteiger partial charge is 0.272 e. The number of nitrogens with zero attached hydrogens (tertiary/aromatic N) is 3. The number of carbonyl (C=O) groups is 1. The monoisotopic (exact) mass is 433 g/mol. The summed E-state index contributed by atoms with van der Waals surface area (Å²) in [5.74, 6) is 0.870. The molecule has 4 rings (SSSR count). The van der Waals surface area contributed by atoms with Gasteiger partial charge in [-0.2, -0.15) is 5.26 Å². The van der Waals surface area contributed by atoms with Crippen LogP contribution in [0.15, 0.2) is 53.6 Å². The molecule has 0 atom stereocenters. The fourth-order valence-electron chi connectivity index (χ4n) is 3.43. The average Bonchev–Trinajstić information content (AvgIpc) is 3.47. The molecular formula is C23H23N5O4. The van der Waals surface area contributed by atoms with E-state index in [9.17, 15) is 9.59 Å². The highest BCUT2D eigenvalue weighted by atomic mass is 16.5. The lowest BCUT2D eigenvalue weighted by Crippen LogP contribution is -2.37. The van der Waals surface area contributed by atoms with Crippen LogP contribution in [0.25, 0.3) is 16.9 Å². The van der Waals surface area contributed by atoms with Crippen molar-refractivity contribution in [3.8, 4) is 28.8 Å². The van der Waals surface area contributed by atoms with Gasteiger partial charge in [0.25, 0.3) is 11.5 Å². The summed E-state index contributed by atoms with van der Waals surface area (Å²) in [7, 11) is 1.65. The van der Waals surface area contributed by atoms with E-state index in [0.29, 0.717) is 34.9 Å². The Bertz CT molecular complexity index is 1180. The lowest BCUT2D eigenvalue weighted by molar-refractivity contribution is 0.0916. The first-order valence-corrected chi connectivity index (χ1v) is 10.2. The fraction of sp³-hybridized carbons (Fsp3) is 0.304. The van der Waals surface area contributed by atoms with E-state index < -0.39 is 0 Å². The molecule has 0 aliphatic heterocycles. The van der Waals surface area contributed by atoms with E-state index in [1.165, 1.54) is 10.9 Å². The Labute approximate surface area is 184 Å². The van der Waals surface area contributed by atoms with Crippen molar-refractivity contribution in [3.63, 3.8) is 0 Å². The average molecular weight is 433 g/mol. The van der Waals surface area contributed by atoms with Crippen LogP contribution in [-0.2, 0) is 4.74 Å². The Hall–Kier alpha value is -3.90. The number of carbonyl (C=O) groups excluding carboxylic acids is 1. The first kappa shape index (κ1) is 21.3. The summed E-state index contributed by atoms with van der Waals surface area (Å²) < 4.78 is 11.9. The number of rotatable bonds is 9. The number of benzene rings is 1. The molecule has 1 aliphatic carbocycles. The molecule has 1 fully saturated rings. The number of H-pyrrole nitrogens is 1. The molecule has 2 heterocycles. The van der Waals surface area contributed by atoms with E-state index in [1.54, 1.807) is 49.7 Å². The largest absolute Gasteiger partial charge is 0.479 e. The third kappa shape index (κ3) is 4.71. The highest BCUT2D eigenvalue weighted by Gasteiger charge is 2.43. The second-order valence-corrected chi connectivity index (χ2v) is 7.71. The van der Waals surface area contributed by atoms with E-state index in [4.69, 9.17) is 14.7 Å². The molecule has 9 heteroatoms. The Morgan fingerprint density at radius 1 is 1.28 bits per heavy atom. The van der Waals surface area contributed by atoms with E-state index in [-0.39, 0.29) is 23.6 Å². The minimum Gasteiger partial charge on any atom is -0.479 e. The van der Waals surface area contributed by atoms with Crippen LogP contribution in [0.3, 0.4) is 0 Å². The van der Waals surface area contributed by atoms with Crippen molar-refractivity contribution in [1.82, 2.24) is 20.1 Å². The Kier molecular flexibility index (Phi) is 6.05. The number of amides is 1. The number of aromatic nitrogens is 3. The topological polar surface area (TPSA) is 122 Å². The summed E-state index contributed by atoms with van der Waals surface area (Å²) in [5, 5.41) is 14.4. The molecule has 9 nitrogen and oxygen atoms in total. The van der Waals surface area contributed by atoms with Gasteiger partial charge < -0.3 is 14.8 Å². The normalized spacial score (nSPS) is 13.9. The fourth-order valence-corrected chi connectivity index (χ4v) is 3.43. The third-order valence-electron chi connectivity index (χ3n) is 5.47. The highest BCUT2D eigenvalue weighted by Crippen LogP contribution is 2.38. The van der Waals surface area contributed by atoms with Gasteiger partial charge in [0.2, 0.25) is 0 Å². The van der Waals surface area contributed by atoms with Gasteiger partial charge in [-0.05, 0) is 49.1 Å². The SMILES string of the molecule is COCCC1(NC(=O)c2ccc(-n3cc(-c4ccc(OCC#N)cc4)c(=O)[nH]3)nc2)CC1. The van der Waals surface area contributed by atoms with E-state index in [0.717, 1.165) is 19.3 Å². The number of hydrogen-bond acceptors (Lipinski definition) is 6. The predicted molar refractivity (Wildman–Crippen MR) is 117 cm³/mol. The summed E-state index contributed by atoms with van der Waals surface area (Å²) in [6.07, 6.45) is 5.84. The van der Waals surface area contributed by atoms with Gasteiger partial charge in [-0.1, -0.05) is 12.1 Å². The standard InChI is InChI=1S/C23H23N5O4/c1-31-12-10-23(8-9-23)26-21(29)17-4-7-20(25-14-17)28-15-19(22(30)27-28)16-2-5-18(6-3-16)32-13-11-24/h2-7,14-15H,8-10,12-13H2,1H3,(H,26,29)(H,27,30). The van der Waals surface area contributed by atoms with Gasteiger partial charge in [0.15, 0.2) is 12.4 Å². The summed E-state index contributed by atoms with van der Waals surface area (Å²) in [5.41, 5.74) is 1.19. The molecule has 1 aromatic carbocycles. The first-order chi connectivity index (χ1) is 15.5. The minimum absolute atomic E-state index is 0.0376. The lowest BCUT2D eigenvalue weighted by Gasteiger charge is -2.16. The van der Waals surface area contributed by atoms with Crippen LogP contribution >= 0.6 is 0 Å². The number of hydrogen-bond donors (Lipinski definition) is 2. The van der Waals surface area contributed by atoms with Gasteiger partial charge in [0, 0.05) is 31.6 Å². The first-order valence-electron chi connectivity index (χ1n) is 10.2. The lowest BCUT2D eigenvalue weighted by atomic mass is 10.1. The maximum Gasteiger partial charge on any atom is 0.272 e. The highest BCUT2D eigenvalue weighted by molar-refractivity contribution is 5.94. The molecule has 32 heavy (non-hydrogen) atoms. The number of ether oxygens (including phenoxy) is 2. The number of nitriles is 1. The molecule has 2 aromatic heterocycles. The summed E-state index contributed by atoms with van der Waals surface area (Å²) in [6.45, 7) is 0.570. The zero-order valence-electron chi connectivity index (χ0n) is 17.6. The van der Waals surface area contributed by atoms with Crippen LogP contribution in [0.1, 0.15) is 29.6 Å². The van der Waals surface area contributed by atoms with Crippen molar-refractivity contribution in [3.05, 3.63) is 64.7 Å². The minimum atomic E-state index is -0.270. The number of pyridine rings is 1. The van der Waals surface area contributed by atoms with Gasteiger partial charge in [0.05, 0.1) is 11.1 Å². The maximum absolute atomic E-state index is 12.6. The van der Waals surface area contributed by atoms with Crippen LogP contribution in [0.5, 0.6) is 5.75 Å². The summed E-state index contributed by atoms with van der Waals surface area (Å²) >= 11 is 0. The van der Waals surface area contributed by atoms with Gasteiger partial charge >= 0.3 is 0 Å². The van der Waals surface area contributed by atoms with Crippen LogP contribution < -0.4 is 15.6 Å². The molecule has 1 saturated carbocycles. The van der Waals surface area contributed by atoms with Crippen LogP contribution in [0.4, 0.5) is 0 Å². The molecule has 1 amide bonds. The molecule has 164 valence electrons. The molecule has 0 bridgehead atoms. The number of nitrogens with one attached hydrogen (secondary N) is 2. The molecule has 3 aromatic rings. The molecule has 0 radical (unpaired) electrons. The van der Waals surface area contributed by atoms with Crippen molar-refractivity contribution < 1.29 is 14.3 Å². The Balaban J connectivity index is 1.46. The molecule has 0 unspecified atom stereocenters. The van der Waals surface area contributed by atoms with Crippen LogP contribution in [0, 0.1) is 11.3 Å². The summed E-state index contributed by atoms with van der Waals surface area (Å²) in [4.78, 5) is 29.3. The van der Waals surface area contributed by atoms with E-state index in [1.807, 2.05) is 6.07 Å². The zero-order chi connectivity index (χ0) is 22.6. The molecule has 0 spiro atoms. The third-order valence-corrected chi connectivity index (χ3v) is 5.47. The van der Waals surface area contributed by atoms with Crippen molar-refractivity contribution in [2.75, 3.05) is 20.3 Å².